The Bertz CT molecular complexity index is 915. The third-order valence-electron chi connectivity index (χ3n) is 9.65. The summed E-state index contributed by atoms with van der Waals surface area (Å²) in [5.41, 5.74) is 0. The van der Waals surface area contributed by atoms with Crippen molar-refractivity contribution >= 4 is 5.91 Å². The number of carbonyl (C=O) groups is 1. The maximum absolute atomic E-state index is 12.3. The summed E-state index contributed by atoms with van der Waals surface area (Å²) in [6.45, 7) is 4.16. The normalized spacial score (nSPS) is 13.7. The Hall–Kier alpha value is -2.17. The van der Waals surface area contributed by atoms with Gasteiger partial charge in [0.2, 0.25) is 5.91 Å². The molecule has 0 aliphatic rings. The first-order valence-corrected chi connectivity index (χ1v) is 22.2. The van der Waals surface area contributed by atoms with Gasteiger partial charge in [-0.2, -0.15) is 0 Å². The molecular formula is C48H85NO3. The minimum atomic E-state index is -0.885. The van der Waals surface area contributed by atoms with E-state index in [2.05, 4.69) is 79.9 Å². The second-order valence-electron chi connectivity index (χ2n) is 14.7. The van der Waals surface area contributed by atoms with Crippen molar-refractivity contribution in [2.24, 2.45) is 0 Å². The monoisotopic (exact) mass is 724 g/mol. The SMILES string of the molecule is CC/C=C\C/C=C\C/C=C\CCCCCC(=O)NC(CO)C(O)/C=C/CC/C=C/CC/C=C/CCCCCCCCCCCCCCCCCCC. The smallest absolute Gasteiger partial charge is 0.220 e. The second kappa shape index (κ2) is 43.2. The van der Waals surface area contributed by atoms with Crippen LogP contribution in [0.1, 0.15) is 206 Å². The van der Waals surface area contributed by atoms with E-state index >= 15 is 0 Å². The highest BCUT2D eigenvalue weighted by Gasteiger charge is 2.17. The van der Waals surface area contributed by atoms with E-state index in [0.717, 1.165) is 70.6 Å². The minimum absolute atomic E-state index is 0.110. The number of nitrogens with one attached hydrogen (secondary N) is 1. The van der Waals surface area contributed by atoms with Gasteiger partial charge in [-0.3, -0.25) is 4.79 Å². The number of rotatable bonds is 39. The lowest BCUT2D eigenvalue weighted by Gasteiger charge is -2.19. The van der Waals surface area contributed by atoms with Crippen LogP contribution in [0.2, 0.25) is 0 Å². The molecule has 0 saturated carbocycles. The van der Waals surface area contributed by atoms with E-state index in [4.69, 9.17) is 0 Å². The molecule has 0 aromatic heterocycles. The number of hydrogen-bond acceptors (Lipinski definition) is 3. The molecule has 4 nitrogen and oxygen atoms in total. The summed E-state index contributed by atoms with van der Waals surface area (Å²) in [4.78, 5) is 12.3. The number of hydrogen-bond donors (Lipinski definition) is 3. The molecule has 300 valence electrons. The molecule has 1 amide bonds. The molecule has 0 heterocycles. The second-order valence-corrected chi connectivity index (χ2v) is 14.7. The van der Waals surface area contributed by atoms with Gasteiger partial charge in [-0.1, -0.05) is 196 Å². The van der Waals surface area contributed by atoms with Crippen LogP contribution in [0.15, 0.2) is 72.9 Å². The van der Waals surface area contributed by atoms with Crippen molar-refractivity contribution in [3.63, 3.8) is 0 Å². The molecule has 4 heteroatoms. The van der Waals surface area contributed by atoms with Crippen LogP contribution < -0.4 is 5.32 Å². The zero-order valence-corrected chi connectivity index (χ0v) is 34.3. The highest BCUT2D eigenvalue weighted by Crippen LogP contribution is 2.15. The maximum atomic E-state index is 12.3. The van der Waals surface area contributed by atoms with Gasteiger partial charge in [0.15, 0.2) is 0 Å². The fourth-order valence-electron chi connectivity index (χ4n) is 6.28. The Morgan fingerprint density at radius 1 is 0.481 bits per heavy atom. The first-order valence-electron chi connectivity index (χ1n) is 22.2. The number of aliphatic hydroxyl groups excluding tert-OH is 2. The zero-order chi connectivity index (χ0) is 37.8. The number of amides is 1. The molecule has 0 fully saturated rings. The standard InChI is InChI=1S/C48H85NO3/c1-3-5-7-9-11-13-15-17-18-19-20-21-22-23-24-25-26-27-28-29-30-32-33-35-37-39-41-43-47(51)46(45-50)49-48(52)44-42-40-38-36-34-31-16-14-12-10-8-6-4-2/h6,8,12,14,28-29,31,33-35,41,43,46-47,50-51H,3-5,7,9-11,13,15-27,30,32,36-40,42,44-45H2,1-2H3,(H,49,52)/b8-6-,14-12-,29-28+,34-31-,35-33+,43-41+. The minimum Gasteiger partial charge on any atom is -0.394 e. The van der Waals surface area contributed by atoms with Crippen molar-refractivity contribution in [2.45, 2.75) is 219 Å². The van der Waals surface area contributed by atoms with E-state index in [-0.39, 0.29) is 12.5 Å². The van der Waals surface area contributed by atoms with Crippen LogP contribution in [0.4, 0.5) is 0 Å². The van der Waals surface area contributed by atoms with Gasteiger partial charge in [0.25, 0.3) is 0 Å². The Morgan fingerprint density at radius 3 is 1.35 bits per heavy atom. The molecule has 0 rings (SSSR count). The molecule has 0 bridgehead atoms. The van der Waals surface area contributed by atoms with Crippen molar-refractivity contribution in [3.8, 4) is 0 Å². The van der Waals surface area contributed by atoms with Crippen LogP contribution in [0.25, 0.3) is 0 Å². The van der Waals surface area contributed by atoms with Crippen LogP contribution in [0.3, 0.4) is 0 Å². The van der Waals surface area contributed by atoms with Crippen molar-refractivity contribution in [3.05, 3.63) is 72.9 Å². The van der Waals surface area contributed by atoms with Crippen molar-refractivity contribution in [1.82, 2.24) is 5.32 Å². The third-order valence-corrected chi connectivity index (χ3v) is 9.65. The summed E-state index contributed by atoms with van der Waals surface area (Å²) in [6, 6.07) is -0.663. The highest BCUT2D eigenvalue weighted by atomic mass is 16.3. The third kappa shape index (κ3) is 39.0. The van der Waals surface area contributed by atoms with Gasteiger partial charge in [0.05, 0.1) is 18.8 Å². The summed E-state index contributed by atoms with van der Waals surface area (Å²) in [5, 5.41) is 22.9. The summed E-state index contributed by atoms with van der Waals surface area (Å²) < 4.78 is 0. The van der Waals surface area contributed by atoms with E-state index in [0.29, 0.717) is 6.42 Å². The van der Waals surface area contributed by atoms with Crippen LogP contribution in [-0.4, -0.2) is 34.9 Å². The number of allylic oxidation sites excluding steroid dienone is 11. The molecule has 0 spiro atoms. The predicted molar refractivity (Wildman–Crippen MR) is 230 cm³/mol. The van der Waals surface area contributed by atoms with Gasteiger partial charge in [-0.05, 0) is 77.0 Å². The first kappa shape index (κ1) is 49.8. The Kier molecular flexibility index (Phi) is 41.4. The number of carbonyl (C=O) groups excluding carboxylic acids is 1. The maximum Gasteiger partial charge on any atom is 0.220 e. The molecule has 0 aliphatic heterocycles. The van der Waals surface area contributed by atoms with Gasteiger partial charge in [-0.15, -0.1) is 0 Å². The molecule has 0 aromatic rings. The fraction of sp³-hybridized carbons (Fsp3) is 0.729. The average molecular weight is 724 g/mol. The number of unbranched alkanes of at least 4 members (excludes halogenated alkanes) is 22. The molecule has 0 aromatic carbocycles. The summed E-state index contributed by atoms with van der Waals surface area (Å²) in [6.07, 6.45) is 61.7. The lowest BCUT2D eigenvalue weighted by Crippen LogP contribution is -2.45. The zero-order valence-electron chi connectivity index (χ0n) is 34.3. The van der Waals surface area contributed by atoms with E-state index < -0.39 is 12.1 Å². The molecule has 0 aliphatic carbocycles. The molecular weight excluding hydrogens is 639 g/mol. The lowest BCUT2D eigenvalue weighted by atomic mass is 10.0. The van der Waals surface area contributed by atoms with E-state index in [1.54, 1.807) is 6.08 Å². The van der Waals surface area contributed by atoms with Crippen molar-refractivity contribution in [2.75, 3.05) is 6.61 Å². The molecule has 52 heavy (non-hydrogen) atoms. The molecule has 2 unspecified atom stereocenters. The molecule has 2 atom stereocenters. The van der Waals surface area contributed by atoms with Crippen LogP contribution in [0, 0.1) is 0 Å². The summed E-state index contributed by atoms with van der Waals surface area (Å²) in [7, 11) is 0. The summed E-state index contributed by atoms with van der Waals surface area (Å²) in [5.74, 6) is -0.110. The summed E-state index contributed by atoms with van der Waals surface area (Å²) >= 11 is 0. The van der Waals surface area contributed by atoms with E-state index in [9.17, 15) is 15.0 Å². The molecule has 0 radical (unpaired) electrons. The van der Waals surface area contributed by atoms with Gasteiger partial charge >= 0.3 is 0 Å². The quantitative estimate of drug-likeness (QED) is 0.0437. The lowest BCUT2D eigenvalue weighted by molar-refractivity contribution is -0.123. The van der Waals surface area contributed by atoms with Crippen LogP contribution in [-0.2, 0) is 4.79 Å². The van der Waals surface area contributed by atoms with Gasteiger partial charge in [0.1, 0.15) is 0 Å². The first-order chi connectivity index (χ1) is 25.7. The topological polar surface area (TPSA) is 69.6 Å². The van der Waals surface area contributed by atoms with Crippen molar-refractivity contribution in [1.29, 1.82) is 0 Å². The van der Waals surface area contributed by atoms with Gasteiger partial charge in [0, 0.05) is 6.42 Å². The Balaban J connectivity index is 3.64. The van der Waals surface area contributed by atoms with Crippen LogP contribution >= 0.6 is 0 Å². The Morgan fingerprint density at radius 2 is 0.865 bits per heavy atom. The predicted octanol–water partition coefficient (Wildman–Crippen LogP) is 13.9. The van der Waals surface area contributed by atoms with Crippen LogP contribution in [0.5, 0.6) is 0 Å². The van der Waals surface area contributed by atoms with E-state index in [1.165, 1.54) is 116 Å². The van der Waals surface area contributed by atoms with E-state index in [1.807, 2.05) is 6.08 Å². The molecule has 0 saturated heterocycles. The van der Waals surface area contributed by atoms with Crippen molar-refractivity contribution < 1.29 is 15.0 Å². The fourth-order valence-corrected chi connectivity index (χ4v) is 6.28. The average Bonchev–Trinajstić information content (AvgIpc) is 3.15. The highest BCUT2D eigenvalue weighted by molar-refractivity contribution is 5.76. The van der Waals surface area contributed by atoms with Gasteiger partial charge in [-0.25, -0.2) is 0 Å². The van der Waals surface area contributed by atoms with Gasteiger partial charge < -0.3 is 15.5 Å². The number of aliphatic hydroxyl groups is 2. The largest absolute Gasteiger partial charge is 0.394 e. The Labute approximate surface area is 323 Å². The molecule has 3 N–H and O–H groups in total.